The van der Waals surface area contributed by atoms with Crippen LogP contribution in [0.5, 0.6) is 0 Å². The van der Waals surface area contributed by atoms with Gasteiger partial charge in [0.25, 0.3) is 0 Å². The molecule has 0 aromatic carbocycles. The van der Waals surface area contributed by atoms with Crippen molar-refractivity contribution in [3.63, 3.8) is 0 Å². The van der Waals surface area contributed by atoms with Gasteiger partial charge in [-0.25, -0.2) is 0 Å². The summed E-state index contributed by atoms with van der Waals surface area (Å²) in [6.45, 7) is 16.5. The zero-order valence-electron chi connectivity index (χ0n) is 15.0. The number of β-lactam (4-membered cyclic amide) rings is 1. The van der Waals surface area contributed by atoms with Crippen molar-refractivity contribution in [2.45, 2.75) is 90.0 Å². The van der Waals surface area contributed by atoms with E-state index in [0.29, 0.717) is 11.9 Å². The number of carbonyl (C=O) groups excluding carboxylic acids is 1. The monoisotopic (exact) mass is 311 g/mol. The van der Waals surface area contributed by atoms with Crippen molar-refractivity contribution in [1.82, 2.24) is 4.90 Å². The Kier molecular flexibility index (Phi) is 4.35. The predicted molar refractivity (Wildman–Crippen MR) is 89.8 cm³/mol. The van der Waals surface area contributed by atoms with Crippen LogP contribution in [0.4, 0.5) is 0 Å². The molecule has 2 aliphatic heterocycles. The minimum absolute atomic E-state index is 0.0663. The molecule has 0 aromatic heterocycles. The van der Waals surface area contributed by atoms with E-state index in [4.69, 9.17) is 4.43 Å². The van der Waals surface area contributed by atoms with Crippen LogP contribution in [0.25, 0.3) is 0 Å². The zero-order chi connectivity index (χ0) is 16.1. The first-order chi connectivity index (χ1) is 9.47. The number of rotatable bonds is 4. The Morgan fingerprint density at radius 2 is 1.95 bits per heavy atom. The Morgan fingerprint density at radius 1 is 1.33 bits per heavy atom. The number of hydrogen-bond donors (Lipinski definition) is 0. The highest BCUT2D eigenvalue weighted by atomic mass is 28.4. The molecule has 0 bridgehead atoms. The van der Waals surface area contributed by atoms with E-state index < -0.39 is 8.32 Å². The molecular formula is C17H33NO2Si. The van der Waals surface area contributed by atoms with Gasteiger partial charge < -0.3 is 9.33 Å². The smallest absolute Gasteiger partial charge is 0.228 e. The van der Waals surface area contributed by atoms with Crippen molar-refractivity contribution in [3.8, 4) is 0 Å². The quantitative estimate of drug-likeness (QED) is 0.575. The Labute approximate surface area is 131 Å². The maximum absolute atomic E-state index is 12.4. The fraction of sp³-hybridized carbons (Fsp3) is 0.941. The van der Waals surface area contributed by atoms with Crippen LogP contribution in [0.2, 0.25) is 18.1 Å². The molecule has 2 atom stereocenters. The summed E-state index contributed by atoms with van der Waals surface area (Å²) in [5.41, 5.74) is 0.0663. The number of carbonyl (C=O) groups is 1. The molecule has 2 saturated heterocycles. The summed E-state index contributed by atoms with van der Waals surface area (Å²) in [7, 11) is -1.68. The summed E-state index contributed by atoms with van der Waals surface area (Å²) in [6.07, 6.45) is 4.48. The molecule has 2 unspecified atom stereocenters. The molecule has 2 aliphatic rings. The minimum atomic E-state index is -1.68. The normalized spacial score (nSPS) is 29.1. The Balaban J connectivity index is 1.87. The van der Waals surface area contributed by atoms with Crippen LogP contribution >= 0.6 is 0 Å². The molecule has 122 valence electrons. The third-order valence-electron chi connectivity index (χ3n) is 5.99. The molecule has 3 nitrogen and oxygen atoms in total. The second kappa shape index (κ2) is 5.38. The lowest BCUT2D eigenvalue weighted by atomic mass is 9.72. The lowest BCUT2D eigenvalue weighted by Gasteiger charge is -2.58. The maximum atomic E-state index is 12.4. The SMILES string of the molecule is CC1(C)CCCC2C(CCO[Si](C)(C)C(C)(C)C)C(=O)N21. The largest absolute Gasteiger partial charge is 0.417 e. The number of nitrogens with zero attached hydrogens (tertiary/aromatic N) is 1. The van der Waals surface area contributed by atoms with Gasteiger partial charge in [-0.15, -0.1) is 0 Å². The van der Waals surface area contributed by atoms with Gasteiger partial charge in [-0.2, -0.15) is 0 Å². The third-order valence-corrected chi connectivity index (χ3v) is 10.5. The Morgan fingerprint density at radius 3 is 2.52 bits per heavy atom. The zero-order valence-corrected chi connectivity index (χ0v) is 16.0. The number of amides is 1. The van der Waals surface area contributed by atoms with E-state index in [1.165, 1.54) is 12.8 Å². The number of hydrogen-bond acceptors (Lipinski definition) is 2. The molecule has 0 N–H and O–H groups in total. The highest BCUT2D eigenvalue weighted by molar-refractivity contribution is 6.74. The highest BCUT2D eigenvalue weighted by Crippen LogP contribution is 2.44. The van der Waals surface area contributed by atoms with Gasteiger partial charge in [-0.05, 0) is 57.7 Å². The second-order valence-electron chi connectivity index (χ2n) is 8.98. The van der Waals surface area contributed by atoms with E-state index in [-0.39, 0.29) is 16.5 Å². The number of piperidine rings is 1. The van der Waals surface area contributed by atoms with E-state index in [9.17, 15) is 4.79 Å². The first kappa shape index (κ1) is 17.0. The lowest BCUT2D eigenvalue weighted by Crippen LogP contribution is -2.69. The second-order valence-corrected chi connectivity index (χ2v) is 13.8. The number of fused-ring (bicyclic) bond motifs is 1. The molecule has 1 amide bonds. The average Bonchev–Trinajstić information content (AvgIpc) is 2.31. The van der Waals surface area contributed by atoms with Gasteiger partial charge in [0.1, 0.15) is 0 Å². The molecule has 4 heteroatoms. The third kappa shape index (κ3) is 3.07. The molecule has 0 aliphatic carbocycles. The van der Waals surface area contributed by atoms with E-state index >= 15 is 0 Å². The van der Waals surface area contributed by atoms with E-state index in [1.54, 1.807) is 0 Å². The molecule has 0 aromatic rings. The molecule has 21 heavy (non-hydrogen) atoms. The van der Waals surface area contributed by atoms with Gasteiger partial charge in [0, 0.05) is 18.2 Å². The molecule has 0 radical (unpaired) electrons. The van der Waals surface area contributed by atoms with Crippen molar-refractivity contribution in [2.75, 3.05) is 6.61 Å². The molecule has 2 fully saturated rings. The fourth-order valence-corrected chi connectivity index (χ4v) is 4.58. The first-order valence-electron chi connectivity index (χ1n) is 8.44. The van der Waals surface area contributed by atoms with Crippen LogP contribution in [0.3, 0.4) is 0 Å². The summed E-state index contributed by atoms with van der Waals surface area (Å²) in [5.74, 6) is 0.581. The summed E-state index contributed by atoms with van der Waals surface area (Å²) in [4.78, 5) is 14.6. The van der Waals surface area contributed by atoms with Gasteiger partial charge in [0.15, 0.2) is 8.32 Å². The molecule has 0 saturated carbocycles. The summed E-state index contributed by atoms with van der Waals surface area (Å²) in [5, 5.41) is 0.246. The summed E-state index contributed by atoms with van der Waals surface area (Å²) in [6, 6.07) is 0.476. The van der Waals surface area contributed by atoms with E-state index in [2.05, 4.69) is 52.6 Å². The maximum Gasteiger partial charge on any atom is 0.228 e. The van der Waals surface area contributed by atoms with Gasteiger partial charge in [0.2, 0.25) is 5.91 Å². The lowest BCUT2D eigenvalue weighted by molar-refractivity contribution is -0.174. The van der Waals surface area contributed by atoms with Crippen molar-refractivity contribution in [1.29, 1.82) is 0 Å². The molecule has 2 heterocycles. The summed E-state index contributed by atoms with van der Waals surface area (Å²) < 4.78 is 6.25. The molecular weight excluding hydrogens is 278 g/mol. The van der Waals surface area contributed by atoms with Gasteiger partial charge in [-0.1, -0.05) is 20.8 Å². The van der Waals surface area contributed by atoms with Crippen LogP contribution in [0.1, 0.15) is 60.3 Å². The Bertz CT molecular complexity index is 412. The van der Waals surface area contributed by atoms with Crippen molar-refractivity contribution >= 4 is 14.2 Å². The fourth-order valence-electron chi connectivity index (χ4n) is 3.52. The van der Waals surface area contributed by atoms with Gasteiger partial charge in [0.05, 0.1) is 5.92 Å². The van der Waals surface area contributed by atoms with Crippen LogP contribution < -0.4 is 0 Å². The Hall–Kier alpha value is -0.353. The highest BCUT2D eigenvalue weighted by Gasteiger charge is 2.54. The van der Waals surface area contributed by atoms with Crippen molar-refractivity contribution in [3.05, 3.63) is 0 Å². The van der Waals surface area contributed by atoms with Crippen LogP contribution in [-0.4, -0.2) is 37.3 Å². The summed E-state index contributed by atoms with van der Waals surface area (Å²) >= 11 is 0. The molecule has 0 spiro atoms. The van der Waals surface area contributed by atoms with Crippen LogP contribution in [-0.2, 0) is 9.22 Å². The van der Waals surface area contributed by atoms with Gasteiger partial charge in [-0.3, -0.25) is 4.79 Å². The minimum Gasteiger partial charge on any atom is -0.417 e. The van der Waals surface area contributed by atoms with E-state index in [1.807, 2.05) is 0 Å². The topological polar surface area (TPSA) is 29.5 Å². The van der Waals surface area contributed by atoms with Crippen LogP contribution in [0.15, 0.2) is 0 Å². The molecule has 2 rings (SSSR count). The van der Waals surface area contributed by atoms with Crippen LogP contribution in [0, 0.1) is 5.92 Å². The predicted octanol–water partition coefficient (Wildman–Crippen LogP) is 4.19. The standard InChI is InChI=1S/C17H33NO2Si/c1-16(2,3)21(6,7)20-12-10-13-14-9-8-11-17(4,5)18(14)15(13)19/h13-14H,8-12H2,1-7H3. The average molecular weight is 312 g/mol. The van der Waals surface area contributed by atoms with Crippen molar-refractivity contribution < 1.29 is 9.22 Å². The van der Waals surface area contributed by atoms with Crippen molar-refractivity contribution in [2.24, 2.45) is 5.92 Å². The first-order valence-corrected chi connectivity index (χ1v) is 11.4. The van der Waals surface area contributed by atoms with Gasteiger partial charge >= 0.3 is 0 Å². The van der Waals surface area contributed by atoms with E-state index in [0.717, 1.165) is 19.4 Å².